The molecular formula is C17H16BrNO2. The van der Waals surface area contributed by atoms with Gasteiger partial charge >= 0.3 is 0 Å². The molecule has 0 fully saturated rings. The summed E-state index contributed by atoms with van der Waals surface area (Å²) in [6.07, 6.45) is 1.35. The zero-order chi connectivity index (χ0) is 14.8. The molecule has 1 heterocycles. The summed E-state index contributed by atoms with van der Waals surface area (Å²) in [5.74, 6) is 0.887. The zero-order valence-corrected chi connectivity index (χ0v) is 13.4. The molecule has 0 amide bonds. The monoisotopic (exact) mass is 345 g/mol. The van der Waals surface area contributed by atoms with Crippen LogP contribution in [-0.4, -0.2) is 19.4 Å². The molecule has 0 radical (unpaired) electrons. The van der Waals surface area contributed by atoms with Gasteiger partial charge in [-0.3, -0.25) is 4.79 Å². The molecule has 1 aliphatic rings. The molecule has 21 heavy (non-hydrogen) atoms. The number of ketones is 1. The number of carbonyl (C=O) groups excluding carboxylic acids is 1. The number of fused-ring (bicyclic) bond motifs is 1. The van der Waals surface area contributed by atoms with Crippen molar-refractivity contribution in [1.82, 2.24) is 0 Å². The molecule has 0 saturated carbocycles. The van der Waals surface area contributed by atoms with Gasteiger partial charge in [-0.1, -0.05) is 15.9 Å². The van der Waals surface area contributed by atoms with E-state index in [4.69, 9.17) is 4.74 Å². The minimum atomic E-state index is 0.124. The molecule has 0 atom stereocenters. The van der Waals surface area contributed by atoms with Crippen LogP contribution in [0.4, 0.5) is 5.69 Å². The summed E-state index contributed by atoms with van der Waals surface area (Å²) in [6, 6.07) is 11.6. The van der Waals surface area contributed by atoms with Crippen molar-refractivity contribution in [2.75, 3.05) is 19.0 Å². The minimum Gasteiger partial charge on any atom is -0.497 e. The number of benzene rings is 2. The fourth-order valence-electron chi connectivity index (χ4n) is 2.57. The number of anilines is 1. The van der Waals surface area contributed by atoms with E-state index < -0.39 is 0 Å². The van der Waals surface area contributed by atoms with Crippen LogP contribution >= 0.6 is 15.9 Å². The molecule has 0 bridgehead atoms. The summed E-state index contributed by atoms with van der Waals surface area (Å²) >= 11 is 3.49. The molecule has 1 aliphatic heterocycles. The van der Waals surface area contributed by atoms with Gasteiger partial charge in [0.05, 0.1) is 7.11 Å². The Balaban J connectivity index is 1.83. The number of Topliss-reactive ketones (excluding diaryl/α,β-unsaturated/α-hetero) is 1. The van der Waals surface area contributed by atoms with Crippen LogP contribution in [0.1, 0.15) is 21.5 Å². The second kappa shape index (κ2) is 5.90. The Morgan fingerprint density at radius 2 is 2.14 bits per heavy atom. The largest absolute Gasteiger partial charge is 0.497 e. The summed E-state index contributed by atoms with van der Waals surface area (Å²) in [5.41, 5.74) is 4.09. The topological polar surface area (TPSA) is 38.3 Å². The maximum Gasteiger partial charge on any atom is 0.167 e. The summed E-state index contributed by atoms with van der Waals surface area (Å²) in [5, 5.41) is 3.30. The van der Waals surface area contributed by atoms with Gasteiger partial charge in [-0.15, -0.1) is 0 Å². The van der Waals surface area contributed by atoms with E-state index in [0.29, 0.717) is 6.42 Å². The molecule has 4 heteroatoms. The Kier molecular flexibility index (Phi) is 3.97. The molecule has 1 N–H and O–H groups in total. The first kappa shape index (κ1) is 14.1. The van der Waals surface area contributed by atoms with Crippen molar-refractivity contribution in [1.29, 1.82) is 0 Å². The molecule has 3 rings (SSSR count). The van der Waals surface area contributed by atoms with Gasteiger partial charge in [-0.05, 0) is 53.9 Å². The number of halogens is 1. The SMILES string of the molecule is COc1ccc(Br)c(CC(=O)c2ccc3c(c2)CCN3)c1. The summed E-state index contributed by atoms with van der Waals surface area (Å²) in [6.45, 7) is 0.953. The van der Waals surface area contributed by atoms with Crippen molar-refractivity contribution < 1.29 is 9.53 Å². The predicted molar refractivity (Wildman–Crippen MR) is 87.4 cm³/mol. The van der Waals surface area contributed by atoms with Crippen LogP contribution in [0.15, 0.2) is 40.9 Å². The Hall–Kier alpha value is -1.81. The normalized spacial score (nSPS) is 12.7. The average molecular weight is 346 g/mol. The first-order valence-electron chi connectivity index (χ1n) is 6.90. The molecular weight excluding hydrogens is 330 g/mol. The van der Waals surface area contributed by atoms with E-state index in [1.807, 2.05) is 36.4 Å². The maximum atomic E-state index is 12.5. The second-order valence-electron chi connectivity index (χ2n) is 5.11. The second-order valence-corrected chi connectivity index (χ2v) is 5.96. The van der Waals surface area contributed by atoms with Gasteiger partial charge in [0.1, 0.15) is 5.75 Å². The van der Waals surface area contributed by atoms with Crippen LogP contribution < -0.4 is 10.1 Å². The number of ether oxygens (including phenoxy) is 1. The molecule has 0 aliphatic carbocycles. The standard InChI is InChI=1S/C17H16BrNO2/c1-21-14-3-4-15(18)13(9-14)10-17(20)12-2-5-16-11(8-12)6-7-19-16/h2-5,8-9,19H,6-7,10H2,1H3. The first-order chi connectivity index (χ1) is 10.2. The highest BCUT2D eigenvalue weighted by Gasteiger charge is 2.15. The smallest absolute Gasteiger partial charge is 0.167 e. The third kappa shape index (κ3) is 2.95. The van der Waals surface area contributed by atoms with E-state index in [-0.39, 0.29) is 5.78 Å². The Labute approximate surface area is 132 Å². The Morgan fingerprint density at radius 1 is 1.29 bits per heavy atom. The van der Waals surface area contributed by atoms with E-state index in [1.165, 1.54) is 5.56 Å². The lowest BCUT2D eigenvalue weighted by Crippen LogP contribution is -2.05. The summed E-state index contributed by atoms with van der Waals surface area (Å²) < 4.78 is 6.15. The number of nitrogens with one attached hydrogen (secondary N) is 1. The molecule has 2 aromatic rings. The van der Waals surface area contributed by atoms with Gasteiger partial charge < -0.3 is 10.1 Å². The predicted octanol–water partition coefficient (Wildman–Crippen LogP) is 3.85. The molecule has 0 saturated heterocycles. The lowest BCUT2D eigenvalue weighted by atomic mass is 10.00. The number of carbonyl (C=O) groups is 1. The van der Waals surface area contributed by atoms with Crippen LogP contribution in [0.5, 0.6) is 5.75 Å². The van der Waals surface area contributed by atoms with Crippen molar-refractivity contribution in [3.05, 3.63) is 57.6 Å². The maximum absolute atomic E-state index is 12.5. The summed E-state index contributed by atoms with van der Waals surface area (Å²) in [4.78, 5) is 12.5. The van der Waals surface area contributed by atoms with Gasteiger partial charge in [0.15, 0.2) is 5.78 Å². The van der Waals surface area contributed by atoms with Crippen LogP contribution in [0.25, 0.3) is 0 Å². The highest BCUT2D eigenvalue weighted by Crippen LogP contribution is 2.26. The molecule has 0 aromatic heterocycles. The van der Waals surface area contributed by atoms with Crippen LogP contribution in [-0.2, 0) is 12.8 Å². The number of rotatable bonds is 4. The highest BCUT2D eigenvalue weighted by atomic mass is 79.9. The molecule has 3 nitrogen and oxygen atoms in total. The van der Waals surface area contributed by atoms with Crippen molar-refractivity contribution in [3.63, 3.8) is 0 Å². The van der Waals surface area contributed by atoms with E-state index in [0.717, 1.165) is 40.0 Å². The number of hydrogen-bond acceptors (Lipinski definition) is 3. The Morgan fingerprint density at radius 3 is 2.95 bits per heavy atom. The molecule has 0 spiro atoms. The van der Waals surface area contributed by atoms with Gasteiger partial charge in [-0.2, -0.15) is 0 Å². The number of methoxy groups -OCH3 is 1. The van der Waals surface area contributed by atoms with Gasteiger partial charge in [0.2, 0.25) is 0 Å². The lowest BCUT2D eigenvalue weighted by molar-refractivity contribution is 0.0992. The van der Waals surface area contributed by atoms with Crippen molar-refractivity contribution >= 4 is 27.4 Å². The fourth-order valence-corrected chi connectivity index (χ4v) is 2.95. The quantitative estimate of drug-likeness (QED) is 0.855. The number of hydrogen-bond donors (Lipinski definition) is 1. The van der Waals surface area contributed by atoms with E-state index in [2.05, 4.69) is 21.2 Å². The third-order valence-corrected chi connectivity index (χ3v) is 4.51. The van der Waals surface area contributed by atoms with Crippen LogP contribution in [0.3, 0.4) is 0 Å². The fraction of sp³-hybridized carbons (Fsp3) is 0.235. The van der Waals surface area contributed by atoms with E-state index >= 15 is 0 Å². The third-order valence-electron chi connectivity index (χ3n) is 3.74. The van der Waals surface area contributed by atoms with E-state index in [9.17, 15) is 4.79 Å². The van der Waals surface area contributed by atoms with Crippen LogP contribution in [0, 0.1) is 0 Å². The lowest BCUT2D eigenvalue weighted by Gasteiger charge is -2.08. The van der Waals surface area contributed by atoms with Crippen LogP contribution in [0.2, 0.25) is 0 Å². The van der Waals surface area contributed by atoms with Crippen molar-refractivity contribution in [2.24, 2.45) is 0 Å². The minimum absolute atomic E-state index is 0.124. The Bertz CT molecular complexity index is 697. The molecule has 0 unspecified atom stereocenters. The molecule has 2 aromatic carbocycles. The van der Waals surface area contributed by atoms with E-state index in [1.54, 1.807) is 7.11 Å². The summed E-state index contributed by atoms with van der Waals surface area (Å²) in [7, 11) is 1.63. The van der Waals surface area contributed by atoms with Gasteiger partial charge in [0.25, 0.3) is 0 Å². The zero-order valence-electron chi connectivity index (χ0n) is 11.8. The average Bonchev–Trinajstić information content (AvgIpc) is 2.96. The first-order valence-corrected chi connectivity index (χ1v) is 7.69. The van der Waals surface area contributed by atoms with Gasteiger partial charge in [-0.25, -0.2) is 0 Å². The highest BCUT2D eigenvalue weighted by molar-refractivity contribution is 9.10. The molecule has 108 valence electrons. The van der Waals surface area contributed by atoms with Crippen molar-refractivity contribution in [2.45, 2.75) is 12.8 Å². The van der Waals surface area contributed by atoms with Crippen molar-refractivity contribution in [3.8, 4) is 5.75 Å². The van der Waals surface area contributed by atoms with Gasteiger partial charge in [0, 0.05) is 28.7 Å².